The molecule has 28 heavy (non-hydrogen) atoms. The largest absolute Gasteiger partial charge is 0.345 e. The number of sulfone groups is 1. The van der Waals surface area contributed by atoms with Crippen molar-refractivity contribution in [1.29, 1.82) is 0 Å². The van der Waals surface area contributed by atoms with Crippen LogP contribution in [0, 0.1) is 0 Å². The second kappa shape index (κ2) is 8.74. The Hall–Kier alpha value is -2.39. The van der Waals surface area contributed by atoms with Gasteiger partial charge in [-0.3, -0.25) is 9.52 Å². The summed E-state index contributed by atoms with van der Waals surface area (Å²) in [7, 11) is -6.65. The molecule has 0 aliphatic heterocycles. The first-order chi connectivity index (χ1) is 13.1. The zero-order valence-corrected chi connectivity index (χ0v) is 17.6. The maximum Gasteiger partial charge on any atom is 0.251 e. The van der Waals surface area contributed by atoms with Crippen molar-refractivity contribution >= 4 is 31.5 Å². The van der Waals surface area contributed by atoms with E-state index in [1.807, 2.05) is 6.92 Å². The molecule has 0 saturated heterocycles. The van der Waals surface area contributed by atoms with Crippen molar-refractivity contribution in [2.75, 3.05) is 16.7 Å². The van der Waals surface area contributed by atoms with Crippen LogP contribution in [-0.4, -0.2) is 34.8 Å². The van der Waals surface area contributed by atoms with Crippen LogP contribution < -0.4 is 10.0 Å². The number of hydrogen-bond acceptors (Lipinski definition) is 5. The molecule has 0 heterocycles. The lowest BCUT2D eigenvalue weighted by atomic mass is 10.0. The topological polar surface area (TPSA) is 109 Å². The maximum absolute atomic E-state index is 12.5. The maximum atomic E-state index is 12.5. The van der Waals surface area contributed by atoms with E-state index in [1.165, 1.54) is 31.2 Å². The molecular formula is C19H24N2O5S2. The van der Waals surface area contributed by atoms with Gasteiger partial charge in [-0.15, -0.1) is 0 Å². The highest BCUT2D eigenvalue weighted by Crippen LogP contribution is 2.20. The molecular weight excluding hydrogens is 400 g/mol. The zero-order valence-electron chi connectivity index (χ0n) is 16.0. The van der Waals surface area contributed by atoms with Crippen LogP contribution in [0.4, 0.5) is 5.69 Å². The molecule has 152 valence electrons. The predicted octanol–water partition coefficient (Wildman–Crippen LogP) is 2.73. The summed E-state index contributed by atoms with van der Waals surface area (Å²) in [4.78, 5) is 12.7. The van der Waals surface area contributed by atoms with E-state index >= 15 is 0 Å². The van der Waals surface area contributed by atoms with Crippen LogP contribution in [0.15, 0.2) is 53.4 Å². The summed E-state index contributed by atoms with van der Waals surface area (Å²) in [5.41, 5.74) is 1.59. The summed E-state index contributed by atoms with van der Waals surface area (Å²) >= 11 is 0. The molecule has 0 bridgehead atoms. The van der Waals surface area contributed by atoms with Gasteiger partial charge in [0.1, 0.15) is 0 Å². The third-order valence-electron chi connectivity index (χ3n) is 4.22. The smallest absolute Gasteiger partial charge is 0.251 e. The van der Waals surface area contributed by atoms with Crippen LogP contribution in [0.3, 0.4) is 0 Å². The molecule has 0 spiro atoms. The Bertz CT molecular complexity index is 1030. The first-order valence-corrected chi connectivity index (χ1v) is 12.3. The third kappa shape index (κ3) is 5.80. The molecule has 1 amide bonds. The molecule has 0 saturated carbocycles. The lowest BCUT2D eigenvalue weighted by Crippen LogP contribution is -2.28. The Morgan fingerprint density at radius 2 is 1.50 bits per heavy atom. The van der Waals surface area contributed by atoms with E-state index < -0.39 is 19.9 Å². The van der Waals surface area contributed by atoms with Gasteiger partial charge in [-0.2, -0.15) is 0 Å². The summed E-state index contributed by atoms with van der Waals surface area (Å²) in [6.45, 7) is 3.45. The van der Waals surface area contributed by atoms with E-state index in [4.69, 9.17) is 0 Å². The van der Waals surface area contributed by atoms with Crippen molar-refractivity contribution < 1.29 is 21.6 Å². The Labute approximate surface area is 166 Å². The van der Waals surface area contributed by atoms with Crippen molar-refractivity contribution in [3.05, 3.63) is 59.7 Å². The lowest BCUT2D eigenvalue weighted by molar-refractivity contribution is 0.0935. The number of hydrogen-bond donors (Lipinski definition) is 2. The monoisotopic (exact) mass is 424 g/mol. The van der Waals surface area contributed by atoms with Crippen LogP contribution in [0.2, 0.25) is 0 Å². The average Bonchev–Trinajstić information content (AvgIpc) is 2.65. The lowest BCUT2D eigenvalue weighted by Gasteiger charge is -2.18. The molecule has 0 aliphatic rings. The third-order valence-corrected chi connectivity index (χ3v) is 6.66. The normalized spacial score (nSPS) is 13.0. The van der Waals surface area contributed by atoms with Gasteiger partial charge < -0.3 is 5.32 Å². The fourth-order valence-corrected chi connectivity index (χ4v) is 3.82. The van der Waals surface area contributed by atoms with E-state index in [0.29, 0.717) is 17.7 Å². The zero-order chi connectivity index (χ0) is 20.9. The van der Waals surface area contributed by atoms with Crippen LogP contribution in [0.5, 0.6) is 0 Å². The average molecular weight is 425 g/mol. The van der Waals surface area contributed by atoms with Gasteiger partial charge in [0.15, 0.2) is 9.84 Å². The SMILES string of the molecule is CC[C@@H](NC(=O)c1ccc(NS(=O)(=O)CC)cc1)c1ccc(S(C)(=O)=O)cc1. The molecule has 7 nitrogen and oxygen atoms in total. The summed E-state index contributed by atoms with van der Waals surface area (Å²) in [5.74, 6) is -0.338. The molecule has 9 heteroatoms. The summed E-state index contributed by atoms with van der Waals surface area (Å²) in [5, 5.41) is 2.91. The van der Waals surface area contributed by atoms with E-state index in [2.05, 4.69) is 10.0 Å². The number of carbonyl (C=O) groups is 1. The first kappa shape index (κ1) is 21.9. The quantitative estimate of drug-likeness (QED) is 0.677. The molecule has 0 aliphatic carbocycles. The standard InChI is InChI=1S/C19H24N2O5S2/c1-4-18(14-8-12-17(13-9-14)27(3,23)24)20-19(22)15-6-10-16(11-7-15)21-28(25,26)5-2/h6-13,18,21H,4-5H2,1-3H3,(H,20,22)/t18-/m1/s1. The molecule has 0 aromatic heterocycles. The van der Waals surface area contributed by atoms with Gasteiger partial charge in [-0.1, -0.05) is 19.1 Å². The molecule has 0 fully saturated rings. The van der Waals surface area contributed by atoms with E-state index in [1.54, 1.807) is 24.3 Å². The Morgan fingerprint density at radius 1 is 0.929 bits per heavy atom. The molecule has 0 radical (unpaired) electrons. The van der Waals surface area contributed by atoms with Gasteiger partial charge in [-0.25, -0.2) is 16.8 Å². The molecule has 2 rings (SSSR count). The van der Waals surface area contributed by atoms with Gasteiger partial charge in [0.25, 0.3) is 5.91 Å². The first-order valence-electron chi connectivity index (χ1n) is 8.77. The second-order valence-electron chi connectivity index (χ2n) is 6.36. The fourth-order valence-electron chi connectivity index (χ4n) is 2.55. The minimum Gasteiger partial charge on any atom is -0.345 e. The van der Waals surface area contributed by atoms with E-state index in [-0.39, 0.29) is 22.6 Å². The predicted molar refractivity (Wildman–Crippen MR) is 110 cm³/mol. The highest BCUT2D eigenvalue weighted by Gasteiger charge is 2.16. The Balaban J connectivity index is 2.11. The summed E-state index contributed by atoms with van der Waals surface area (Å²) in [6.07, 6.45) is 1.77. The molecule has 1 atom stereocenters. The second-order valence-corrected chi connectivity index (χ2v) is 10.4. The van der Waals surface area contributed by atoms with Crippen molar-refractivity contribution in [1.82, 2.24) is 5.32 Å². The number of sulfonamides is 1. The van der Waals surface area contributed by atoms with Crippen molar-refractivity contribution in [2.24, 2.45) is 0 Å². The number of carbonyl (C=O) groups excluding carboxylic acids is 1. The number of rotatable bonds is 8. The van der Waals surface area contributed by atoms with Gasteiger partial charge in [0.2, 0.25) is 10.0 Å². The van der Waals surface area contributed by atoms with Crippen molar-refractivity contribution in [2.45, 2.75) is 31.2 Å². The van der Waals surface area contributed by atoms with Crippen LogP contribution >= 0.6 is 0 Å². The number of amides is 1. The highest BCUT2D eigenvalue weighted by atomic mass is 32.2. The molecule has 2 aromatic rings. The number of benzene rings is 2. The minimum atomic E-state index is -3.37. The van der Waals surface area contributed by atoms with Crippen molar-refractivity contribution in [3.63, 3.8) is 0 Å². The highest BCUT2D eigenvalue weighted by molar-refractivity contribution is 7.92. The Morgan fingerprint density at radius 3 is 1.96 bits per heavy atom. The molecule has 0 unspecified atom stereocenters. The van der Waals surface area contributed by atoms with Gasteiger partial charge in [0.05, 0.1) is 16.7 Å². The van der Waals surface area contributed by atoms with Crippen molar-refractivity contribution in [3.8, 4) is 0 Å². The van der Waals surface area contributed by atoms with E-state index in [9.17, 15) is 21.6 Å². The number of anilines is 1. The summed E-state index contributed by atoms with van der Waals surface area (Å²) < 4.78 is 48.7. The van der Waals surface area contributed by atoms with E-state index in [0.717, 1.165) is 11.8 Å². The van der Waals surface area contributed by atoms with Gasteiger partial charge in [0, 0.05) is 17.5 Å². The van der Waals surface area contributed by atoms with Crippen LogP contribution in [-0.2, 0) is 19.9 Å². The van der Waals surface area contributed by atoms with Crippen LogP contribution in [0.25, 0.3) is 0 Å². The number of nitrogens with one attached hydrogen (secondary N) is 2. The van der Waals surface area contributed by atoms with Gasteiger partial charge >= 0.3 is 0 Å². The Kier molecular flexibility index (Phi) is 6.84. The van der Waals surface area contributed by atoms with Crippen LogP contribution in [0.1, 0.15) is 42.2 Å². The summed E-state index contributed by atoms with van der Waals surface area (Å²) in [6, 6.07) is 12.3. The molecule has 2 aromatic carbocycles. The van der Waals surface area contributed by atoms with Gasteiger partial charge in [-0.05, 0) is 55.3 Å². The fraction of sp³-hybridized carbons (Fsp3) is 0.316. The molecule has 2 N–H and O–H groups in total. The minimum absolute atomic E-state index is 0.0362.